The predicted molar refractivity (Wildman–Crippen MR) is 132 cm³/mol. The van der Waals surface area contributed by atoms with Crippen molar-refractivity contribution < 1.29 is 26.9 Å². The molecule has 10 nitrogen and oxygen atoms in total. The van der Waals surface area contributed by atoms with E-state index in [-0.39, 0.29) is 0 Å². The van der Waals surface area contributed by atoms with Crippen LogP contribution >= 0.6 is 34.2 Å². The second-order valence-electron chi connectivity index (χ2n) is 5.88. The van der Waals surface area contributed by atoms with Gasteiger partial charge in [-0.2, -0.15) is 0 Å². The van der Waals surface area contributed by atoms with Gasteiger partial charge in [-0.25, -0.2) is 0 Å². The van der Waals surface area contributed by atoms with Crippen LogP contribution in [-0.4, -0.2) is 46.8 Å². The summed E-state index contributed by atoms with van der Waals surface area (Å²) in [7, 11) is 0. The Labute approximate surface area is 206 Å². The number of aromatic nitrogens is 4. The molecule has 0 aliphatic rings. The monoisotopic (exact) mass is 562 g/mol. The molecule has 0 bridgehead atoms. The first kappa shape index (κ1) is 28.4. The highest BCUT2D eigenvalue weighted by Crippen LogP contribution is 2.64. The fourth-order valence-corrected chi connectivity index (χ4v) is 10.6. The topological polar surface area (TPSA) is 115 Å². The lowest BCUT2D eigenvalue weighted by Crippen LogP contribution is -1.91. The van der Waals surface area contributed by atoms with Gasteiger partial charge in [-0.05, 0) is 64.2 Å². The minimum atomic E-state index is -2.52. The van der Waals surface area contributed by atoms with Crippen LogP contribution in [0.3, 0.4) is 0 Å². The largest absolute Gasteiger partial charge is 0.416 e. The molecule has 0 amide bonds. The minimum absolute atomic E-state index is 0.364. The average Bonchev–Trinajstić information content (AvgIpc) is 3.35. The molecule has 2 aromatic rings. The fourth-order valence-electron chi connectivity index (χ4n) is 2.31. The Morgan fingerprint density at radius 2 is 1.00 bits per heavy atom. The van der Waals surface area contributed by atoms with E-state index in [1.54, 1.807) is 0 Å². The third-order valence-electron chi connectivity index (χ3n) is 3.46. The smallest absolute Gasteiger partial charge is 0.285 e. The Kier molecular flexibility index (Phi) is 12.9. The highest BCUT2D eigenvalue weighted by Gasteiger charge is 2.25. The lowest BCUT2D eigenvalue weighted by molar-refractivity contribution is 0.279. The summed E-state index contributed by atoms with van der Waals surface area (Å²) in [5.74, 6) is 1.08. The fraction of sp³-hybridized carbons (Fsp3) is 0.750. The highest BCUT2D eigenvalue weighted by atomic mass is 32.9. The quantitative estimate of drug-likeness (QED) is 0.171. The summed E-state index contributed by atoms with van der Waals surface area (Å²) in [6.45, 7) is 9.36. The maximum Gasteiger partial charge on any atom is 0.285 e. The Morgan fingerprint density at radius 3 is 1.31 bits per heavy atom. The summed E-state index contributed by atoms with van der Waals surface area (Å²) in [5, 5.41) is 17.0. The van der Waals surface area contributed by atoms with Crippen LogP contribution in [0.15, 0.2) is 19.3 Å². The Bertz CT molecular complexity index is 822. The molecule has 2 aromatic heterocycles. The molecule has 2 heterocycles. The van der Waals surface area contributed by atoms with E-state index in [1.165, 1.54) is 22.8 Å². The summed E-state index contributed by atoms with van der Waals surface area (Å²) in [6.07, 6.45) is 2.89. The number of hydrogen-bond donors (Lipinski definition) is 0. The van der Waals surface area contributed by atoms with Crippen molar-refractivity contribution in [3.05, 3.63) is 11.8 Å². The molecule has 0 aliphatic carbocycles. The van der Waals surface area contributed by atoms with Crippen LogP contribution in [0.5, 0.6) is 0 Å². The lowest BCUT2D eigenvalue weighted by Gasteiger charge is -2.17. The van der Waals surface area contributed by atoms with Crippen molar-refractivity contribution in [3.8, 4) is 0 Å². The standard InChI is InChI=1S/C16H28N4O6P2S4/c1-5-21-27(29,22-6-2)31-15-19-17-13(25-15)11-9-10-12-14-18-20-16(26-14)32-28(30,23-7-3)24-8-4/h5-12H2,1-4H3. The SMILES string of the molecule is CCOP(=S)(OCC)Sc1nnc(CCCCc2nnc(SP(=S)(OCC)OCC)o2)o1. The van der Waals surface area contributed by atoms with Crippen molar-refractivity contribution in [2.75, 3.05) is 26.4 Å². The molecule has 182 valence electrons. The van der Waals surface area contributed by atoms with E-state index >= 15 is 0 Å². The zero-order valence-corrected chi connectivity index (χ0v) is 23.5. The molecular weight excluding hydrogens is 534 g/mol. The van der Waals surface area contributed by atoms with Gasteiger partial charge >= 0.3 is 0 Å². The first-order chi connectivity index (χ1) is 15.3. The van der Waals surface area contributed by atoms with Gasteiger partial charge in [0.05, 0.1) is 26.4 Å². The first-order valence-electron chi connectivity index (χ1n) is 10.2. The first-order valence-corrected chi connectivity index (χ1v) is 18.3. The molecule has 0 saturated carbocycles. The molecule has 0 N–H and O–H groups in total. The van der Waals surface area contributed by atoms with Crippen molar-refractivity contribution in [1.82, 2.24) is 20.4 Å². The molecule has 2 rings (SSSR count). The van der Waals surface area contributed by atoms with Gasteiger partial charge in [-0.1, -0.05) is 0 Å². The molecule has 0 fully saturated rings. The maximum absolute atomic E-state index is 5.68. The van der Waals surface area contributed by atoms with E-state index in [4.69, 9.17) is 50.5 Å². The van der Waals surface area contributed by atoms with Gasteiger partial charge in [0.15, 0.2) is 0 Å². The minimum Gasteiger partial charge on any atom is -0.416 e. The summed E-state index contributed by atoms with van der Waals surface area (Å²) < 4.78 is 33.7. The molecule has 0 spiro atoms. The summed E-state index contributed by atoms with van der Waals surface area (Å²) in [6, 6.07) is 0. The van der Waals surface area contributed by atoms with Gasteiger partial charge in [-0.15, -0.1) is 20.4 Å². The number of unbranched alkanes of at least 4 members (excludes halogenated alkanes) is 1. The third-order valence-corrected chi connectivity index (χ3v) is 13.0. The third kappa shape index (κ3) is 9.77. The number of nitrogens with zero attached hydrogens (tertiary/aromatic N) is 4. The van der Waals surface area contributed by atoms with Crippen molar-refractivity contribution >= 4 is 57.8 Å². The molecule has 32 heavy (non-hydrogen) atoms. The Hall–Kier alpha value is 0.120. The second-order valence-corrected chi connectivity index (χ2v) is 18.0. The van der Waals surface area contributed by atoms with Crippen molar-refractivity contribution in [2.45, 2.75) is 63.8 Å². The van der Waals surface area contributed by atoms with Crippen LogP contribution in [0.2, 0.25) is 0 Å². The molecule has 16 heteroatoms. The van der Waals surface area contributed by atoms with Gasteiger partial charge in [0, 0.05) is 35.6 Å². The normalized spacial score (nSPS) is 12.5. The molecule has 0 radical (unpaired) electrons. The maximum atomic E-state index is 5.68. The molecule has 0 unspecified atom stereocenters. The molecular formula is C16H28N4O6P2S4. The number of aryl methyl sites for hydroxylation is 2. The molecule has 0 aromatic carbocycles. The summed E-state index contributed by atoms with van der Waals surface area (Å²) in [4.78, 5) is 0. The number of hydrogen-bond acceptors (Lipinski definition) is 14. The van der Waals surface area contributed by atoms with Crippen LogP contribution < -0.4 is 0 Å². The van der Waals surface area contributed by atoms with E-state index in [0.29, 0.717) is 61.5 Å². The van der Waals surface area contributed by atoms with E-state index in [9.17, 15) is 0 Å². The average molecular weight is 563 g/mol. The van der Waals surface area contributed by atoms with E-state index < -0.39 is 11.4 Å². The van der Waals surface area contributed by atoms with Crippen LogP contribution in [-0.2, 0) is 54.6 Å². The van der Waals surface area contributed by atoms with Gasteiger partial charge in [0.25, 0.3) is 21.8 Å². The van der Waals surface area contributed by atoms with Gasteiger partial charge in [0.1, 0.15) is 0 Å². The van der Waals surface area contributed by atoms with Crippen molar-refractivity contribution in [2.24, 2.45) is 0 Å². The van der Waals surface area contributed by atoms with Gasteiger partial charge < -0.3 is 26.9 Å². The van der Waals surface area contributed by atoms with Crippen LogP contribution in [0.1, 0.15) is 52.3 Å². The second kappa shape index (κ2) is 14.5. The number of rotatable bonds is 17. The zero-order valence-electron chi connectivity index (χ0n) is 18.4. The molecule has 0 saturated heterocycles. The van der Waals surface area contributed by atoms with Gasteiger partial charge in [0.2, 0.25) is 11.8 Å². The van der Waals surface area contributed by atoms with Crippen LogP contribution in [0, 0.1) is 0 Å². The van der Waals surface area contributed by atoms with E-state index in [0.717, 1.165) is 12.8 Å². The molecule has 0 aliphatic heterocycles. The summed E-state index contributed by atoms with van der Waals surface area (Å²) in [5.41, 5.74) is -5.04. The Morgan fingerprint density at radius 1 is 0.656 bits per heavy atom. The van der Waals surface area contributed by atoms with Crippen molar-refractivity contribution in [1.29, 1.82) is 0 Å². The van der Waals surface area contributed by atoms with Crippen LogP contribution in [0.25, 0.3) is 0 Å². The zero-order chi connectivity index (χ0) is 23.5. The van der Waals surface area contributed by atoms with E-state index in [1.807, 2.05) is 27.7 Å². The predicted octanol–water partition coefficient (Wildman–Crippen LogP) is 5.80. The Balaban J connectivity index is 1.79. The molecule has 0 atom stereocenters. The van der Waals surface area contributed by atoms with Crippen molar-refractivity contribution in [3.63, 3.8) is 0 Å². The summed E-state index contributed by atoms with van der Waals surface area (Å²) >= 11 is 13.3. The van der Waals surface area contributed by atoms with Gasteiger partial charge in [-0.3, -0.25) is 0 Å². The van der Waals surface area contributed by atoms with Crippen LogP contribution in [0.4, 0.5) is 0 Å². The highest BCUT2D eigenvalue weighted by molar-refractivity contribution is 8.68. The lowest BCUT2D eigenvalue weighted by atomic mass is 10.2. The van der Waals surface area contributed by atoms with E-state index in [2.05, 4.69) is 20.4 Å².